The predicted molar refractivity (Wildman–Crippen MR) is 107 cm³/mol. The van der Waals surface area contributed by atoms with E-state index in [1.54, 1.807) is 18.3 Å². The fourth-order valence-electron chi connectivity index (χ4n) is 4.90. The van der Waals surface area contributed by atoms with Crippen LogP contribution in [0.1, 0.15) is 24.4 Å². The van der Waals surface area contributed by atoms with Crippen LogP contribution in [0.15, 0.2) is 29.8 Å². The highest BCUT2D eigenvalue weighted by Crippen LogP contribution is 2.48. The summed E-state index contributed by atoms with van der Waals surface area (Å²) < 4.78 is 25.5. The maximum absolute atomic E-state index is 14.1. The Hall–Kier alpha value is -2.03. The molecule has 0 spiro atoms. The molecule has 0 unspecified atom stereocenters. The number of aromatic nitrogens is 1. The summed E-state index contributed by atoms with van der Waals surface area (Å²) in [5.41, 5.74) is 0.859. The molecule has 2 saturated heterocycles. The lowest BCUT2D eigenvalue weighted by Crippen LogP contribution is -2.36. The molecule has 8 heteroatoms. The SMILES string of the molecule is O=C(Nc1nccs1)[C@@H]1CN(CC2CCOCC2)[C@H]2c3cc(F)ccc3OC[C@@H]12. The van der Waals surface area contributed by atoms with E-state index in [2.05, 4.69) is 15.2 Å². The second-order valence-electron chi connectivity index (χ2n) is 8.04. The van der Waals surface area contributed by atoms with E-state index in [-0.39, 0.29) is 29.6 Å². The number of halogens is 1. The van der Waals surface area contributed by atoms with Gasteiger partial charge in [-0.3, -0.25) is 9.69 Å². The first kappa shape index (κ1) is 19.0. The number of benzene rings is 1. The third-order valence-corrected chi connectivity index (χ3v) is 6.99. The van der Waals surface area contributed by atoms with Crippen molar-refractivity contribution in [1.82, 2.24) is 9.88 Å². The standard InChI is InChI=1S/C21H24FN3O3S/c22-14-1-2-18-15(9-14)19-17(12-28-18)16(20(26)24-21-23-5-8-29-21)11-25(19)10-13-3-6-27-7-4-13/h1-2,5,8-9,13,16-17,19H,3-4,6-7,10-12H2,(H,23,24,26)/t16-,17+,19+/m1/s1. The zero-order valence-corrected chi connectivity index (χ0v) is 16.9. The summed E-state index contributed by atoms with van der Waals surface area (Å²) in [5, 5.41) is 5.40. The average molecular weight is 418 g/mol. The van der Waals surface area contributed by atoms with E-state index in [4.69, 9.17) is 9.47 Å². The highest BCUT2D eigenvalue weighted by atomic mass is 32.1. The normalized spacial score (nSPS) is 27.1. The monoisotopic (exact) mass is 417 g/mol. The van der Waals surface area contributed by atoms with Crippen LogP contribution in [-0.4, -0.2) is 48.7 Å². The molecule has 1 aromatic carbocycles. The van der Waals surface area contributed by atoms with Gasteiger partial charge in [0.1, 0.15) is 11.6 Å². The number of anilines is 1. The van der Waals surface area contributed by atoms with Crippen molar-refractivity contribution >= 4 is 22.4 Å². The van der Waals surface area contributed by atoms with Gasteiger partial charge < -0.3 is 14.8 Å². The van der Waals surface area contributed by atoms with E-state index < -0.39 is 0 Å². The average Bonchev–Trinajstić information content (AvgIpc) is 3.37. The van der Waals surface area contributed by atoms with Gasteiger partial charge in [0.2, 0.25) is 5.91 Å². The van der Waals surface area contributed by atoms with Crippen LogP contribution in [0.2, 0.25) is 0 Å². The molecule has 154 valence electrons. The van der Waals surface area contributed by atoms with Gasteiger partial charge >= 0.3 is 0 Å². The number of carbonyl (C=O) groups excluding carboxylic acids is 1. The van der Waals surface area contributed by atoms with Crippen LogP contribution in [0.4, 0.5) is 9.52 Å². The van der Waals surface area contributed by atoms with E-state index in [0.29, 0.717) is 24.2 Å². The topological polar surface area (TPSA) is 63.7 Å². The van der Waals surface area contributed by atoms with Crippen LogP contribution in [0.5, 0.6) is 5.75 Å². The van der Waals surface area contributed by atoms with Crippen molar-refractivity contribution in [2.75, 3.05) is 38.2 Å². The number of rotatable bonds is 4. The fraction of sp³-hybridized carbons (Fsp3) is 0.524. The molecule has 2 fully saturated rings. The van der Waals surface area contributed by atoms with Crippen LogP contribution >= 0.6 is 11.3 Å². The second kappa shape index (κ2) is 8.01. The first-order valence-corrected chi connectivity index (χ1v) is 11.0. The van der Waals surface area contributed by atoms with E-state index in [1.807, 2.05) is 5.38 Å². The maximum atomic E-state index is 14.1. The number of hydrogen-bond donors (Lipinski definition) is 1. The molecule has 3 atom stereocenters. The van der Waals surface area contributed by atoms with Crippen molar-refractivity contribution in [2.24, 2.45) is 17.8 Å². The van der Waals surface area contributed by atoms with Crippen LogP contribution in [0.25, 0.3) is 0 Å². The van der Waals surface area contributed by atoms with E-state index >= 15 is 0 Å². The molecule has 0 radical (unpaired) electrons. The molecule has 6 nitrogen and oxygen atoms in total. The first-order valence-electron chi connectivity index (χ1n) is 10.1. The highest BCUT2D eigenvalue weighted by molar-refractivity contribution is 7.13. The number of amides is 1. The van der Waals surface area contributed by atoms with Crippen molar-refractivity contribution in [2.45, 2.75) is 18.9 Å². The Labute approximate surface area is 173 Å². The summed E-state index contributed by atoms with van der Waals surface area (Å²) in [4.78, 5) is 19.6. The summed E-state index contributed by atoms with van der Waals surface area (Å²) >= 11 is 1.41. The summed E-state index contributed by atoms with van der Waals surface area (Å²) in [5.74, 6) is 0.725. The van der Waals surface area contributed by atoms with Gasteiger partial charge in [0.15, 0.2) is 5.13 Å². The quantitative estimate of drug-likeness (QED) is 0.827. The van der Waals surface area contributed by atoms with Gasteiger partial charge in [-0.05, 0) is 37.0 Å². The predicted octanol–water partition coefficient (Wildman–Crippen LogP) is 3.33. The minimum Gasteiger partial charge on any atom is -0.493 e. The van der Waals surface area contributed by atoms with Gasteiger partial charge in [0.25, 0.3) is 0 Å². The van der Waals surface area contributed by atoms with Gasteiger partial charge in [0, 0.05) is 55.4 Å². The number of nitrogens with one attached hydrogen (secondary N) is 1. The zero-order valence-electron chi connectivity index (χ0n) is 16.1. The largest absolute Gasteiger partial charge is 0.493 e. The number of likely N-dealkylation sites (tertiary alicyclic amines) is 1. The minimum atomic E-state index is -0.269. The molecule has 1 N–H and O–H groups in total. The Balaban J connectivity index is 1.42. The fourth-order valence-corrected chi connectivity index (χ4v) is 5.44. The number of nitrogens with zero attached hydrogens (tertiary/aromatic N) is 2. The van der Waals surface area contributed by atoms with Crippen LogP contribution < -0.4 is 10.1 Å². The zero-order chi connectivity index (χ0) is 19.8. The Bertz CT molecular complexity index is 872. The lowest BCUT2D eigenvalue weighted by molar-refractivity contribution is -0.121. The first-order chi connectivity index (χ1) is 14.2. The molecule has 29 heavy (non-hydrogen) atoms. The van der Waals surface area contributed by atoms with Gasteiger partial charge in [-0.25, -0.2) is 9.37 Å². The molecule has 0 aliphatic carbocycles. The molecule has 0 bridgehead atoms. The molecule has 4 heterocycles. The van der Waals surface area contributed by atoms with Gasteiger partial charge in [-0.2, -0.15) is 0 Å². The van der Waals surface area contributed by atoms with Crippen molar-refractivity contribution in [3.63, 3.8) is 0 Å². The number of hydrogen-bond acceptors (Lipinski definition) is 6. The third kappa shape index (κ3) is 3.76. The lowest BCUT2D eigenvalue weighted by Gasteiger charge is -2.36. The molecule has 0 saturated carbocycles. The smallest absolute Gasteiger partial charge is 0.231 e. The van der Waals surface area contributed by atoms with E-state index in [9.17, 15) is 9.18 Å². The molecule has 2 aromatic rings. The Morgan fingerprint density at radius 2 is 2.21 bits per heavy atom. The van der Waals surface area contributed by atoms with Crippen molar-refractivity contribution in [3.8, 4) is 5.75 Å². The van der Waals surface area contributed by atoms with E-state index in [1.165, 1.54) is 17.4 Å². The molecule has 5 rings (SSSR count). The molecular weight excluding hydrogens is 393 g/mol. The van der Waals surface area contributed by atoms with Crippen LogP contribution in [-0.2, 0) is 9.53 Å². The molecule has 3 aliphatic heterocycles. The van der Waals surface area contributed by atoms with Gasteiger partial charge in [0.05, 0.1) is 12.5 Å². The van der Waals surface area contributed by atoms with Crippen molar-refractivity contribution in [3.05, 3.63) is 41.2 Å². The molecule has 1 amide bonds. The lowest BCUT2D eigenvalue weighted by atomic mass is 9.84. The van der Waals surface area contributed by atoms with Gasteiger partial charge in [-0.15, -0.1) is 11.3 Å². The molecule has 3 aliphatic rings. The summed E-state index contributed by atoms with van der Waals surface area (Å²) in [6.07, 6.45) is 3.73. The van der Waals surface area contributed by atoms with Crippen LogP contribution in [0, 0.1) is 23.6 Å². The molecular formula is C21H24FN3O3S. The number of ether oxygens (including phenoxy) is 2. The number of fused-ring (bicyclic) bond motifs is 3. The van der Waals surface area contributed by atoms with Crippen LogP contribution in [0.3, 0.4) is 0 Å². The van der Waals surface area contributed by atoms with Gasteiger partial charge in [-0.1, -0.05) is 0 Å². The Kier molecular flexibility index (Phi) is 5.24. The third-order valence-electron chi connectivity index (χ3n) is 6.30. The van der Waals surface area contributed by atoms with Crippen molar-refractivity contribution in [1.29, 1.82) is 0 Å². The second-order valence-corrected chi connectivity index (χ2v) is 8.94. The summed E-state index contributed by atoms with van der Waals surface area (Å²) in [6.45, 7) is 3.57. The maximum Gasteiger partial charge on any atom is 0.231 e. The Morgan fingerprint density at radius 3 is 3.00 bits per heavy atom. The van der Waals surface area contributed by atoms with E-state index in [0.717, 1.165) is 43.9 Å². The number of thiazole rings is 1. The van der Waals surface area contributed by atoms with Crippen molar-refractivity contribution < 1.29 is 18.7 Å². The number of carbonyl (C=O) groups is 1. The Morgan fingerprint density at radius 1 is 1.34 bits per heavy atom. The highest BCUT2D eigenvalue weighted by Gasteiger charge is 2.49. The summed E-state index contributed by atoms with van der Waals surface area (Å²) in [6, 6.07) is 4.70. The summed E-state index contributed by atoms with van der Waals surface area (Å²) in [7, 11) is 0. The minimum absolute atomic E-state index is 0.00987. The molecule has 1 aromatic heterocycles.